The Morgan fingerprint density at radius 3 is 2.69 bits per heavy atom. The zero-order valence-corrected chi connectivity index (χ0v) is 11.3. The molecule has 0 aliphatic heterocycles. The Labute approximate surface area is 104 Å². The molecule has 0 saturated carbocycles. The van der Waals surface area contributed by atoms with Crippen LogP contribution in [0.5, 0.6) is 0 Å². The van der Waals surface area contributed by atoms with E-state index >= 15 is 0 Å². The minimum Gasteiger partial charge on any atom is -0.373 e. The number of para-hydroxylation sites is 1. The normalized spacial score (nSPS) is 11.1. The smallest absolute Gasteiger partial charge is 0.129 e. The first-order chi connectivity index (χ1) is 7.63. The number of benzene rings is 1. The van der Waals surface area contributed by atoms with Gasteiger partial charge in [-0.15, -0.1) is 0 Å². The van der Waals surface area contributed by atoms with Gasteiger partial charge in [0.15, 0.2) is 0 Å². The lowest BCUT2D eigenvalue weighted by molar-refractivity contribution is 0.864. The molecule has 0 fully saturated rings. The van der Waals surface area contributed by atoms with Crippen LogP contribution in [0.4, 0.5) is 5.82 Å². The Kier molecular flexibility index (Phi) is 3.15. The summed E-state index contributed by atoms with van der Waals surface area (Å²) in [6, 6.07) is 8.36. The average molecular weight is 279 g/mol. The van der Waals surface area contributed by atoms with E-state index in [4.69, 9.17) is 0 Å². The molecule has 1 aromatic carbocycles. The second-order valence-corrected chi connectivity index (χ2v) is 5.00. The molecule has 0 unspecified atom stereocenters. The van der Waals surface area contributed by atoms with Crippen molar-refractivity contribution in [2.75, 3.05) is 12.4 Å². The minimum atomic E-state index is 0.471. The highest BCUT2D eigenvalue weighted by atomic mass is 79.9. The van der Waals surface area contributed by atoms with Crippen LogP contribution in [-0.2, 0) is 0 Å². The summed E-state index contributed by atoms with van der Waals surface area (Å²) in [5.41, 5.74) is 2.27. The van der Waals surface area contributed by atoms with Crippen LogP contribution in [0, 0.1) is 0 Å². The molecule has 0 radical (unpaired) electrons. The maximum absolute atomic E-state index is 4.66. The van der Waals surface area contributed by atoms with Crippen molar-refractivity contribution in [2.45, 2.75) is 19.8 Å². The summed E-state index contributed by atoms with van der Waals surface area (Å²) < 4.78 is 1.04. The Morgan fingerprint density at radius 1 is 1.31 bits per heavy atom. The van der Waals surface area contributed by atoms with Crippen molar-refractivity contribution in [2.24, 2.45) is 0 Å². The van der Waals surface area contributed by atoms with Crippen molar-refractivity contribution >= 4 is 32.7 Å². The molecule has 0 bridgehead atoms. The zero-order valence-electron chi connectivity index (χ0n) is 9.71. The summed E-state index contributed by atoms with van der Waals surface area (Å²) in [6.45, 7) is 4.36. The van der Waals surface area contributed by atoms with E-state index in [1.807, 2.05) is 19.2 Å². The molecule has 84 valence electrons. The molecule has 1 aromatic heterocycles. The van der Waals surface area contributed by atoms with Crippen LogP contribution in [0.1, 0.15) is 25.3 Å². The Morgan fingerprint density at radius 2 is 2.06 bits per heavy atom. The van der Waals surface area contributed by atoms with Gasteiger partial charge < -0.3 is 5.32 Å². The fourth-order valence-electron chi connectivity index (χ4n) is 1.82. The quantitative estimate of drug-likeness (QED) is 0.892. The van der Waals surface area contributed by atoms with E-state index in [1.165, 1.54) is 10.9 Å². The lowest BCUT2D eigenvalue weighted by Gasteiger charge is -2.13. The van der Waals surface area contributed by atoms with E-state index in [0.29, 0.717) is 5.92 Å². The topological polar surface area (TPSA) is 24.9 Å². The molecule has 0 aliphatic carbocycles. The molecule has 0 aliphatic rings. The standard InChI is InChI=1S/C13H15BrN2/c1-8(2)10-7-9-5-4-6-11(14)12(9)16-13(10)15-3/h4-8H,1-3H3,(H,15,16). The SMILES string of the molecule is CNc1nc2c(Br)cccc2cc1C(C)C. The Hall–Kier alpha value is -1.09. The summed E-state index contributed by atoms with van der Waals surface area (Å²) in [5.74, 6) is 1.44. The predicted molar refractivity (Wildman–Crippen MR) is 73.1 cm³/mol. The van der Waals surface area contributed by atoms with Crippen molar-refractivity contribution in [1.29, 1.82) is 0 Å². The second kappa shape index (κ2) is 4.42. The largest absolute Gasteiger partial charge is 0.373 e. The molecule has 0 atom stereocenters. The van der Waals surface area contributed by atoms with Crippen LogP contribution in [0.15, 0.2) is 28.7 Å². The molecule has 0 amide bonds. The van der Waals surface area contributed by atoms with Crippen molar-refractivity contribution in [3.8, 4) is 0 Å². The van der Waals surface area contributed by atoms with E-state index < -0.39 is 0 Å². The van der Waals surface area contributed by atoms with E-state index in [1.54, 1.807) is 0 Å². The maximum atomic E-state index is 4.66. The van der Waals surface area contributed by atoms with Crippen LogP contribution in [0.3, 0.4) is 0 Å². The third-order valence-electron chi connectivity index (χ3n) is 2.68. The highest BCUT2D eigenvalue weighted by molar-refractivity contribution is 9.10. The van der Waals surface area contributed by atoms with Crippen LogP contribution < -0.4 is 5.32 Å². The van der Waals surface area contributed by atoms with Gasteiger partial charge in [-0.3, -0.25) is 0 Å². The first-order valence-electron chi connectivity index (χ1n) is 5.40. The molecule has 16 heavy (non-hydrogen) atoms. The predicted octanol–water partition coefficient (Wildman–Crippen LogP) is 4.16. The number of rotatable bonds is 2. The number of anilines is 1. The fourth-order valence-corrected chi connectivity index (χ4v) is 2.29. The van der Waals surface area contributed by atoms with Gasteiger partial charge in [-0.2, -0.15) is 0 Å². The number of aromatic nitrogens is 1. The fraction of sp³-hybridized carbons (Fsp3) is 0.308. The minimum absolute atomic E-state index is 0.471. The van der Waals surface area contributed by atoms with Gasteiger partial charge in [0.2, 0.25) is 0 Å². The first kappa shape index (κ1) is 11.4. The summed E-state index contributed by atoms with van der Waals surface area (Å²) in [4.78, 5) is 4.66. The molecule has 0 spiro atoms. The van der Waals surface area contributed by atoms with E-state index in [2.05, 4.69) is 52.2 Å². The maximum Gasteiger partial charge on any atom is 0.129 e. The van der Waals surface area contributed by atoms with Crippen molar-refractivity contribution < 1.29 is 0 Å². The number of fused-ring (bicyclic) bond motifs is 1. The number of hydrogen-bond acceptors (Lipinski definition) is 2. The van der Waals surface area contributed by atoms with Crippen molar-refractivity contribution in [1.82, 2.24) is 4.98 Å². The van der Waals surface area contributed by atoms with Gasteiger partial charge in [-0.1, -0.05) is 26.0 Å². The third kappa shape index (κ3) is 1.92. The summed E-state index contributed by atoms with van der Waals surface area (Å²) in [5, 5.41) is 4.34. The number of nitrogens with one attached hydrogen (secondary N) is 1. The van der Waals surface area contributed by atoms with Crippen molar-refractivity contribution in [3.05, 3.63) is 34.3 Å². The molecule has 2 rings (SSSR count). The summed E-state index contributed by atoms with van der Waals surface area (Å²) >= 11 is 3.53. The number of hydrogen-bond donors (Lipinski definition) is 1. The summed E-state index contributed by atoms with van der Waals surface area (Å²) in [6.07, 6.45) is 0. The molecule has 2 nitrogen and oxygen atoms in total. The summed E-state index contributed by atoms with van der Waals surface area (Å²) in [7, 11) is 1.91. The Bertz CT molecular complexity index is 521. The molecule has 0 saturated heterocycles. The number of nitrogens with zero attached hydrogens (tertiary/aromatic N) is 1. The molecule has 1 heterocycles. The van der Waals surface area contributed by atoms with Gasteiger partial charge in [0.25, 0.3) is 0 Å². The lowest BCUT2D eigenvalue weighted by atomic mass is 10.0. The van der Waals surface area contributed by atoms with E-state index in [9.17, 15) is 0 Å². The van der Waals surface area contributed by atoms with Crippen LogP contribution in [-0.4, -0.2) is 12.0 Å². The van der Waals surface area contributed by atoms with Gasteiger partial charge in [0.05, 0.1) is 5.52 Å². The van der Waals surface area contributed by atoms with Gasteiger partial charge in [0, 0.05) is 16.9 Å². The molecule has 1 N–H and O–H groups in total. The van der Waals surface area contributed by atoms with Crippen LogP contribution in [0.2, 0.25) is 0 Å². The Balaban J connectivity index is 2.75. The van der Waals surface area contributed by atoms with Crippen LogP contribution in [0.25, 0.3) is 10.9 Å². The van der Waals surface area contributed by atoms with Gasteiger partial charge in [-0.05, 0) is 39.5 Å². The van der Waals surface area contributed by atoms with Gasteiger partial charge >= 0.3 is 0 Å². The highest BCUT2D eigenvalue weighted by Crippen LogP contribution is 2.29. The number of halogens is 1. The van der Waals surface area contributed by atoms with Crippen molar-refractivity contribution in [3.63, 3.8) is 0 Å². The van der Waals surface area contributed by atoms with E-state index in [-0.39, 0.29) is 0 Å². The number of pyridine rings is 1. The van der Waals surface area contributed by atoms with Crippen LogP contribution >= 0.6 is 15.9 Å². The van der Waals surface area contributed by atoms with Gasteiger partial charge in [0.1, 0.15) is 5.82 Å². The van der Waals surface area contributed by atoms with E-state index in [0.717, 1.165) is 15.8 Å². The highest BCUT2D eigenvalue weighted by Gasteiger charge is 2.10. The molecule has 2 aromatic rings. The molecular weight excluding hydrogens is 264 g/mol. The third-order valence-corrected chi connectivity index (χ3v) is 3.32. The zero-order chi connectivity index (χ0) is 11.7. The molecular formula is C13H15BrN2. The second-order valence-electron chi connectivity index (χ2n) is 4.14. The molecule has 3 heteroatoms. The monoisotopic (exact) mass is 278 g/mol. The first-order valence-corrected chi connectivity index (χ1v) is 6.19. The lowest BCUT2D eigenvalue weighted by Crippen LogP contribution is -2.01. The average Bonchev–Trinajstić information content (AvgIpc) is 2.28. The van der Waals surface area contributed by atoms with Gasteiger partial charge in [-0.25, -0.2) is 4.98 Å².